The minimum absolute atomic E-state index is 0.0564. The maximum absolute atomic E-state index is 12.4. The highest BCUT2D eigenvalue weighted by Gasteiger charge is 2.21. The molecule has 0 radical (unpaired) electrons. The molecule has 3 aromatic rings. The van der Waals surface area contributed by atoms with Crippen LogP contribution in [0, 0.1) is 0 Å². The van der Waals surface area contributed by atoms with Crippen LogP contribution in [0.25, 0.3) is 11.0 Å². The summed E-state index contributed by atoms with van der Waals surface area (Å²) in [7, 11) is 0. The Balaban J connectivity index is 1.45. The van der Waals surface area contributed by atoms with Crippen molar-refractivity contribution in [2.24, 2.45) is 0 Å². The van der Waals surface area contributed by atoms with E-state index in [4.69, 9.17) is 16.0 Å². The number of fused-ring (bicyclic) bond motifs is 1. The number of anilines is 1. The summed E-state index contributed by atoms with van der Waals surface area (Å²) in [4.78, 5) is 38.1. The molecule has 1 saturated heterocycles. The van der Waals surface area contributed by atoms with Crippen molar-refractivity contribution in [3.8, 4) is 0 Å². The first-order chi connectivity index (χ1) is 13.5. The molecule has 0 saturated carbocycles. The van der Waals surface area contributed by atoms with Gasteiger partial charge in [-0.2, -0.15) is 0 Å². The van der Waals surface area contributed by atoms with Crippen molar-refractivity contribution in [3.05, 3.63) is 75.1 Å². The molecule has 1 fully saturated rings. The lowest BCUT2D eigenvalue weighted by Gasteiger charge is -2.16. The number of benzene rings is 2. The summed E-state index contributed by atoms with van der Waals surface area (Å²) in [6.07, 6.45) is 1.46. The van der Waals surface area contributed by atoms with Crippen LogP contribution in [0.2, 0.25) is 5.02 Å². The Kier molecular flexibility index (Phi) is 4.88. The van der Waals surface area contributed by atoms with Crippen molar-refractivity contribution in [1.82, 2.24) is 5.32 Å². The maximum atomic E-state index is 12.4. The van der Waals surface area contributed by atoms with E-state index in [1.165, 1.54) is 6.07 Å². The lowest BCUT2D eigenvalue weighted by molar-refractivity contribution is -0.117. The van der Waals surface area contributed by atoms with Gasteiger partial charge in [0.05, 0.1) is 5.39 Å². The van der Waals surface area contributed by atoms with E-state index < -0.39 is 5.91 Å². The zero-order valence-electron chi connectivity index (χ0n) is 14.9. The number of hydrogen-bond donors (Lipinski definition) is 1. The molecular weight excluding hydrogens is 380 g/mol. The molecule has 6 nitrogen and oxygen atoms in total. The van der Waals surface area contributed by atoms with Crippen molar-refractivity contribution in [2.45, 2.75) is 19.4 Å². The summed E-state index contributed by atoms with van der Waals surface area (Å²) in [5, 5.41) is 3.49. The average Bonchev–Trinajstić information content (AvgIpc) is 3.13. The van der Waals surface area contributed by atoms with Gasteiger partial charge < -0.3 is 14.6 Å². The van der Waals surface area contributed by atoms with Gasteiger partial charge in [-0.15, -0.1) is 0 Å². The van der Waals surface area contributed by atoms with E-state index in [-0.39, 0.29) is 23.6 Å². The predicted octanol–water partition coefficient (Wildman–Crippen LogP) is 3.50. The predicted molar refractivity (Wildman–Crippen MR) is 107 cm³/mol. The smallest absolute Gasteiger partial charge is 0.287 e. The van der Waals surface area contributed by atoms with Crippen molar-refractivity contribution < 1.29 is 14.0 Å². The van der Waals surface area contributed by atoms with Crippen LogP contribution in [0.5, 0.6) is 0 Å². The molecule has 4 rings (SSSR count). The van der Waals surface area contributed by atoms with Crippen molar-refractivity contribution in [1.29, 1.82) is 0 Å². The van der Waals surface area contributed by atoms with E-state index >= 15 is 0 Å². The van der Waals surface area contributed by atoms with Crippen LogP contribution in [0.1, 0.15) is 29.0 Å². The van der Waals surface area contributed by atoms with E-state index in [1.54, 1.807) is 17.0 Å². The molecule has 1 aromatic heterocycles. The maximum Gasteiger partial charge on any atom is 0.287 e. The Morgan fingerprint density at radius 1 is 1.11 bits per heavy atom. The molecule has 2 heterocycles. The van der Waals surface area contributed by atoms with Gasteiger partial charge in [0.2, 0.25) is 5.91 Å². The van der Waals surface area contributed by atoms with Gasteiger partial charge in [-0.05, 0) is 42.3 Å². The fourth-order valence-corrected chi connectivity index (χ4v) is 3.40. The largest absolute Gasteiger partial charge is 0.451 e. The Bertz CT molecular complexity index is 1120. The van der Waals surface area contributed by atoms with Gasteiger partial charge >= 0.3 is 0 Å². The van der Waals surface area contributed by atoms with Crippen molar-refractivity contribution in [3.63, 3.8) is 0 Å². The number of amides is 2. The highest BCUT2D eigenvalue weighted by molar-refractivity contribution is 6.31. The molecule has 1 aliphatic rings. The summed E-state index contributed by atoms with van der Waals surface area (Å²) in [6.45, 7) is 1.01. The first-order valence-electron chi connectivity index (χ1n) is 8.92. The van der Waals surface area contributed by atoms with E-state index in [2.05, 4.69) is 5.32 Å². The molecule has 0 atom stereocenters. The normalized spacial score (nSPS) is 13.9. The summed E-state index contributed by atoms with van der Waals surface area (Å²) in [5.74, 6) is -0.402. The second kappa shape index (κ2) is 7.48. The van der Waals surface area contributed by atoms with Crippen LogP contribution in [0.4, 0.5) is 5.69 Å². The SMILES string of the molecule is O=C(NCc1ccc(N2CCCC2=O)cc1)c1cc(=O)c2cc(Cl)ccc2o1. The molecule has 1 aliphatic heterocycles. The number of hydrogen-bond acceptors (Lipinski definition) is 4. The zero-order valence-corrected chi connectivity index (χ0v) is 15.7. The third-order valence-corrected chi connectivity index (χ3v) is 4.92. The van der Waals surface area contributed by atoms with E-state index in [0.717, 1.165) is 30.3 Å². The van der Waals surface area contributed by atoms with Gasteiger partial charge in [0.1, 0.15) is 5.58 Å². The first kappa shape index (κ1) is 18.3. The molecule has 2 amide bonds. The fraction of sp³-hybridized carbons (Fsp3) is 0.190. The molecule has 0 aliphatic carbocycles. The summed E-state index contributed by atoms with van der Waals surface area (Å²) < 4.78 is 5.53. The molecule has 2 aromatic carbocycles. The summed E-state index contributed by atoms with van der Waals surface area (Å²) in [6, 6.07) is 13.3. The molecule has 0 bridgehead atoms. The van der Waals surface area contributed by atoms with Gasteiger partial charge in [-0.1, -0.05) is 23.7 Å². The van der Waals surface area contributed by atoms with E-state index in [1.807, 2.05) is 24.3 Å². The highest BCUT2D eigenvalue weighted by atomic mass is 35.5. The zero-order chi connectivity index (χ0) is 19.7. The van der Waals surface area contributed by atoms with Gasteiger partial charge in [0.25, 0.3) is 5.91 Å². The molecule has 0 spiro atoms. The average molecular weight is 397 g/mol. The fourth-order valence-electron chi connectivity index (χ4n) is 3.22. The Hall–Kier alpha value is -3.12. The number of rotatable bonds is 4. The first-order valence-corrected chi connectivity index (χ1v) is 9.30. The summed E-state index contributed by atoms with van der Waals surface area (Å²) >= 11 is 5.89. The minimum Gasteiger partial charge on any atom is -0.451 e. The van der Waals surface area contributed by atoms with Crippen LogP contribution >= 0.6 is 11.6 Å². The second-order valence-electron chi connectivity index (χ2n) is 6.61. The number of carbonyl (C=O) groups excluding carboxylic acids is 2. The van der Waals surface area contributed by atoms with Crippen LogP contribution in [0.3, 0.4) is 0 Å². The monoisotopic (exact) mass is 396 g/mol. The van der Waals surface area contributed by atoms with Crippen molar-refractivity contribution >= 4 is 40.1 Å². The van der Waals surface area contributed by atoms with Crippen LogP contribution < -0.4 is 15.6 Å². The Morgan fingerprint density at radius 3 is 2.61 bits per heavy atom. The molecule has 28 heavy (non-hydrogen) atoms. The Morgan fingerprint density at radius 2 is 1.89 bits per heavy atom. The van der Waals surface area contributed by atoms with Gasteiger partial charge in [0, 0.05) is 36.3 Å². The molecule has 1 N–H and O–H groups in total. The number of nitrogens with one attached hydrogen (secondary N) is 1. The standard InChI is InChI=1S/C21H17ClN2O4/c22-14-5-8-18-16(10-14)17(25)11-19(28-18)21(27)23-12-13-3-6-15(7-4-13)24-9-1-2-20(24)26/h3-8,10-11H,1-2,9,12H2,(H,23,27). The number of halogens is 1. The lowest BCUT2D eigenvalue weighted by atomic mass is 10.2. The van der Waals surface area contributed by atoms with Crippen LogP contribution in [-0.2, 0) is 11.3 Å². The molecule has 142 valence electrons. The number of nitrogens with zero attached hydrogens (tertiary/aromatic N) is 1. The third kappa shape index (κ3) is 3.64. The lowest BCUT2D eigenvalue weighted by Crippen LogP contribution is -2.25. The van der Waals surface area contributed by atoms with Crippen LogP contribution in [-0.4, -0.2) is 18.4 Å². The molecule has 7 heteroatoms. The van der Waals surface area contributed by atoms with E-state index in [9.17, 15) is 14.4 Å². The van der Waals surface area contributed by atoms with Gasteiger partial charge in [0.15, 0.2) is 11.2 Å². The highest BCUT2D eigenvalue weighted by Crippen LogP contribution is 2.22. The molecule has 0 unspecified atom stereocenters. The summed E-state index contributed by atoms with van der Waals surface area (Å²) in [5.41, 5.74) is 1.71. The minimum atomic E-state index is -0.479. The van der Waals surface area contributed by atoms with Crippen LogP contribution in [0.15, 0.2) is 57.7 Å². The van der Waals surface area contributed by atoms with Crippen molar-refractivity contribution in [2.75, 3.05) is 11.4 Å². The Labute approximate surface area is 165 Å². The third-order valence-electron chi connectivity index (χ3n) is 4.69. The quantitative estimate of drug-likeness (QED) is 0.732. The van der Waals surface area contributed by atoms with E-state index in [0.29, 0.717) is 22.4 Å². The van der Waals surface area contributed by atoms with Gasteiger partial charge in [-0.3, -0.25) is 14.4 Å². The van der Waals surface area contributed by atoms with Gasteiger partial charge in [-0.25, -0.2) is 0 Å². The molecular formula is C21H17ClN2O4. The second-order valence-corrected chi connectivity index (χ2v) is 7.05. The number of carbonyl (C=O) groups is 2. The topological polar surface area (TPSA) is 79.6 Å².